The molecule has 1 atom stereocenters. The molecule has 0 saturated heterocycles. The molecule has 4 aromatic carbocycles. The Hall–Kier alpha value is -4.74. The highest BCUT2D eigenvalue weighted by atomic mass is 32.1. The first-order valence-electron chi connectivity index (χ1n) is 21.6. The number of anilines is 6. The molecule has 3 nitrogen and oxygen atoms in total. The second-order valence-electron chi connectivity index (χ2n) is 19.8. The fraction of sp³-hybridized carbons (Fsp3) is 0.358. The van der Waals surface area contributed by atoms with Crippen molar-refractivity contribution in [1.82, 2.24) is 0 Å². The Morgan fingerprint density at radius 2 is 1.60 bits per heavy atom. The quantitative estimate of drug-likeness (QED) is 0.118. The summed E-state index contributed by atoms with van der Waals surface area (Å²) in [6.07, 6.45) is 19.0. The second-order valence-corrected chi connectivity index (χ2v) is 20.9. The van der Waals surface area contributed by atoms with Crippen LogP contribution in [0.25, 0.3) is 10.1 Å². The normalized spacial score (nSPS) is 18.7. The first-order valence-corrected chi connectivity index (χ1v) is 22.4. The molecule has 2 aliphatic heterocycles. The maximum Gasteiger partial charge on any atom is 0.264 e. The van der Waals surface area contributed by atoms with Crippen LogP contribution in [0.5, 0.6) is 0 Å². The standard InChI is InChI=1S/C53H60BN3S/c1-12-27-55(28-13-2)39-30-45-48-46(31-39)57(38-22-19-35(20-23-38)34(3)4)49-40-29-36(51(5,6)7)21-24-47(40)58-50(49)54(48)43-32-41-42(53(10,11)26-25-52(41,8)9)33-44(43)56(45)37-17-15-14-16-18-37/h12-17,19-24,28-34,37H,1,18,25-27H2,2-11H3/b28-13+. The third kappa shape index (κ3) is 6.14. The van der Waals surface area contributed by atoms with Gasteiger partial charge >= 0.3 is 0 Å². The minimum atomic E-state index is 0.0225. The Morgan fingerprint density at radius 1 is 0.897 bits per heavy atom. The van der Waals surface area contributed by atoms with Crippen LogP contribution in [0.2, 0.25) is 0 Å². The molecule has 0 fully saturated rings. The van der Waals surface area contributed by atoms with E-state index < -0.39 is 0 Å². The molecule has 296 valence electrons. The summed E-state index contributed by atoms with van der Waals surface area (Å²) in [6.45, 7) is 28.6. The van der Waals surface area contributed by atoms with E-state index in [0.717, 1.165) is 13.0 Å². The lowest BCUT2D eigenvalue weighted by Gasteiger charge is -2.48. The fourth-order valence-corrected chi connectivity index (χ4v) is 11.5. The lowest BCUT2D eigenvalue weighted by molar-refractivity contribution is 0.332. The lowest BCUT2D eigenvalue weighted by atomic mass is 9.35. The van der Waals surface area contributed by atoms with Gasteiger partial charge in [-0.05, 0) is 124 Å². The van der Waals surface area contributed by atoms with Crippen LogP contribution in [0.1, 0.15) is 117 Å². The molecule has 4 aliphatic rings. The zero-order valence-electron chi connectivity index (χ0n) is 36.4. The molecule has 1 unspecified atom stereocenters. The number of hydrogen-bond acceptors (Lipinski definition) is 4. The summed E-state index contributed by atoms with van der Waals surface area (Å²) >= 11 is 2.01. The predicted molar refractivity (Wildman–Crippen MR) is 257 cm³/mol. The van der Waals surface area contributed by atoms with Gasteiger partial charge in [0.1, 0.15) is 0 Å². The summed E-state index contributed by atoms with van der Waals surface area (Å²) in [4.78, 5) is 7.72. The highest BCUT2D eigenvalue weighted by Gasteiger charge is 2.48. The summed E-state index contributed by atoms with van der Waals surface area (Å²) in [5.74, 6) is 0.457. The monoisotopic (exact) mass is 781 g/mol. The van der Waals surface area contributed by atoms with Gasteiger partial charge in [-0.25, -0.2) is 0 Å². The topological polar surface area (TPSA) is 9.72 Å². The van der Waals surface area contributed by atoms with Crippen molar-refractivity contribution in [2.45, 2.75) is 117 Å². The van der Waals surface area contributed by atoms with E-state index in [4.69, 9.17) is 0 Å². The zero-order chi connectivity index (χ0) is 40.9. The van der Waals surface area contributed by atoms with Gasteiger partial charge in [-0.1, -0.05) is 123 Å². The number of thiophene rings is 1. The van der Waals surface area contributed by atoms with Crippen molar-refractivity contribution >= 4 is 78.0 Å². The maximum atomic E-state index is 4.20. The molecule has 3 heterocycles. The van der Waals surface area contributed by atoms with Gasteiger partial charge in [0.15, 0.2) is 0 Å². The van der Waals surface area contributed by atoms with Crippen LogP contribution < -0.4 is 30.4 Å². The van der Waals surface area contributed by atoms with Crippen LogP contribution >= 0.6 is 11.3 Å². The van der Waals surface area contributed by atoms with E-state index in [2.05, 4.69) is 194 Å². The van der Waals surface area contributed by atoms with Gasteiger partial charge < -0.3 is 14.7 Å². The van der Waals surface area contributed by atoms with Crippen LogP contribution in [0, 0.1) is 0 Å². The third-order valence-electron chi connectivity index (χ3n) is 13.6. The van der Waals surface area contributed by atoms with Gasteiger partial charge in [-0.3, -0.25) is 0 Å². The van der Waals surface area contributed by atoms with E-state index in [1.54, 1.807) is 0 Å². The highest BCUT2D eigenvalue weighted by Crippen LogP contribution is 2.52. The average molecular weight is 782 g/mol. The van der Waals surface area contributed by atoms with Gasteiger partial charge in [0.2, 0.25) is 0 Å². The molecule has 0 saturated carbocycles. The number of nitrogens with zero attached hydrogens (tertiary/aromatic N) is 3. The molecule has 1 aromatic heterocycles. The smallest absolute Gasteiger partial charge is 0.264 e. The first kappa shape index (κ1) is 38.8. The summed E-state index contributed by atoms with van der Waals surface area (Å²) in [6, 6.07) is 27.2. The SMILES string of the molecule is C=CCN(/C=C/C)c1cc2c3c(c1)N(C1C=CC=CC1)c1cc4c(cc1B3c1sc3ccc(C(C)(C)C)cc3c1N2c1ccc(C(C)C)cc1)C(C)(C)CCC4(C)C. The highest BCUT2D eigenvalue weighted by molar-refractivity contribution is 7.33. The molecule has 58 heavy (non-hydrogen) atoms. The summed E-state index contributed by atoms with van der Waals surface area (Å²) in [5.41, 5.74) is 16.5. The van der Waals surface area contributed by atoms with Crippen LogP contribution in [0.3, 0.4) is 0 Å². The van der Waals surface area contributed by atoms with Crippen LogP contribution in [-0.4, -0.2) is 19.3 Å². The average Bonchev–Trinajstić information content (AvgIpc) is 3.57. The van der Waals surface area contributed by atoms with Gasteiger partial charge in [-0.2, -0.15) is 0 Å². The summed E-state index contributed by atoms with van der Waals surface area (Å²) < 4.78 is 2.79. The van der Waals surface area contributed by atoms with Crippen molar-refractivity contribution in [3.8, 4) is 0 Å². The summed E-state index contributed by atoms with van der Waals surface area (Å²) in [5, 5.41) is 1.35. The van der Waals surface area contributed by atoms with E-state index in [1.807, 2.05) is 17.4 Å². The molecular weight excluding hydrogens is 721 g/mol. The lowest BCUT2D eigenvalue weighted by Crippen LogP contribution is -2.62. The molecule has 0 spiro atoms. The molecule has 5 heteroatoms. The fourth-order valence-electron chi connectivity index (χ4n) is 10.2. The van der Waals surface area contributed by atoms with E-state index in [-0.39, 0.29) is 29.0 Å². The molecule has 0 radical (unpaired) electrons. The molecule has 2 aliphatic carbocycles. The molecule has 0 N–H and O–H groups in total. The molecule has 0 amide bonds. The Bertz CT molecular complexity index is 2540. The number of allylic oxidation sites excluding steroid dienone is 3. The van der Waals surface area contributed by atoms with Gasteiger partial charge in [0.05, 0.1) is 11.7 Å². The van der Waals surface area contributed by atoms with Crippen LogP contribution in [0.4, 0.5) is 34.1 Å². The van der Waals surface area contributed by atoms with Gasteiger partial charge in [0.25, 0.3) is 6.71 Å². The Morgan fingerprint density at radius 3 is 2.24 bits per heavy atom. The van der Waals surface area contributed by atoms with Crippen molar-refractivity contribution in [3.05, 3.63) is 138 Å². The minimum Gasteiger partial charge on any atom is -0.344 e. The molecular formula is C53H60BN3S. The van der Waals surface area contributed by atoms with E-state index in [1.165, 1.54) is 95.0 Å². The van der Waals surface area contributed by atoms with Crippen molar-refractivity contribution in [1.29, 1.82) is 0 Å². The van der Waals surface area contributed by atoms with E-state index >= 15 is 0 Å². The molecule has 9 rings (SSSR count). The van der Waals surface area contributed by atoms with Gasteiger partial charge in [-0.15, -0.1) is 17.9 Å². The van der Waals surface area contributed by atoms with Crippen molar-refractivity contribution in [2.75, 3.05) is 21.2 Å². The van der Waals surface area contributed by atoms with Crippen molar-refractivity contribution < 1.29 is 0 Å². The minimum absolute atomic E-state index is 0.0225. The number of benzene rings is 4. The van der Waals surface area contributed by atoms with Crippen molar-refractivity contribution in [2.24, 2.45) is 0 Å². The maximum absolute atomic E-state index is 4.20. The number of hydrogen-bond donors (Lipinski definition) is 0. The zero-order valence-corrected chi connectivity index (χ0v) is 37.2. The van der Waals surface area contributed by atoms with Gasteiger partial charge in [0, 0.05) is 56.0 Å². The van der Waals surface area contributed by atoms with Crippen LogP contribution in [0.15, 0.2) is 116 Å². The largest absolute Gasteiger partial charge is 0.344 e. The number of rotatable bonds is 7. The molecule has 0 bridgehead atoms. The summed E-state index contributed by atoms with van der Waals surface area (Å²) in [7, 11) is 0. The van der Waals surface area contributed by atoms with E-state index in [0.29, 0.717) is 5.92 Å². The number of fused-ring (bicyclic) bond motifs is 7. The third-order valence-corrected chi connectivity index (χ3v) is 14.8. The van der Waals surface area contributed by atoms with E-state index in [9.17, 15) is 0 Å². The molecule has 5 aromatic rings. The predicted octanol–water partition coefficient (Wildman–Crippen LogP) is 12.8. The Balaban J connectivity index is 1.44. The second kappa shape index (κ2) is 13.9. The van der Waals surface area contributed by atoms with Crippen molar-refractivity contribution in [3.63, 3.8) is 0 Å². The first-order chi connectivity index (χ1) is 27.6. The van der Waals surface area contributed by atoms with Crippen LogP contribution in [-0.2, 0) is 16.2 Å². The Kier molecular flexibility index (Phi) is 9.32. The Labute approximate surface area is 352 Å².